The van der Waals surface area contributed by atoms with Crippen LogP contribution in [0.1, 0.15) is 259 Å². The fraction of sp³-hybridized carbons (Fsp3) is 0.294. The van der Waals surface area contributed by atoms with Crippen LogP contribution in [0.2, 0.25) is 0 Å². The second-order valence-electron chi connectivity index (χ2n) is 33.4. The third kappa shape index (κ3) is 13.3. The minimum absolute atomic E-state index is 0.0549. The van der Waals surface area contributed by atoms with E-state index in [1.165, 1.54) is 22.3 Å². The minimum Gasteiger partial charge on any atom is -0.494 e. The first-order chi connectivity index (χ1) is 55.9. The minimum atomic E-state index is -0.310. The topological polar surface area (TPSA) is 188 Å². The molecule has 1 saturated heterocycles. The van der Waals surface area contributed by atoms with Crippen LogP contribution >= 0.6 is 0 Å². The standard InChI is InChI=1S/C27H23NO3.C27H26O3.C26H24O3.C22H17NO2/c29-22-8-3-5-17-15-21-19-6-1-2-7-20(19)27(31)26(21)25(24(17)22)16-10-12-18(13-11-16)28-14-4-9-23(28)30;1-27(2,3)30-18-13-11-16(12-14-18)24-23-17(7-6-10-22(23)28)15-21-19-8-4-5-9-20(19)26(29)25(21)24;1-2-14-29-18-12-10-16(11-13-18)24-23-17(6-5-9-22(23)27)15-21-19-7-3-4-8-20(19)26(28)25(21)24;24-18-7-3-4-14-12-17-15-5-1-2-6-16(15)22(25)21(17)20(19(14)18)13-8-10-23-11-9-13/h1-2,6-7,10-13,25H,3-5,8-9,14-15H2;4-5,8-9,11-14,24H,6-7,10,15H2,1-3H3;3-4,7-8,10-13,24H,2,5-6,9,14-15H2,1H3;1-2,5-6,8-11,20H,3-4,7,12H2. The molecule has 7 aromatic carbocycles. The van der Waals surface area contributed by atoms with Crippen LogP contribution in [0.25, 0.3) is 22.3 Å². The summed E-state index contributed by atoms with van der Waals surface area (Å²) in [6.45, 7) is 9.57. The molecule has 8 aromatic rings. The van der Waals surface area contributed by atoms with Gasteiger partial charge in [0.25, 0.3) is 0 Å². The molecule has 2 heterocycles. The van der Waals surface area contributed by atoms with Gasteiger partial charge in [0.1, 0.15) is 17.1 Å². The van der Waals surface area contributed by atoms with E-state index in [-0.39, 0.29) is 81.4 Å². The van der Waals surface area contributed by atoms with Crippen LogP contribution in [0.15, 0.2) is 261 Å². The Morgan fingerprint density at radius 2 is 0.643 bits per heavy atom. The lowest BCUT2D eigenvalue weighted by atomic mass is 9.69. The maximum atomic E-state index is 13.5. The molecule has 0 spiro atoms. The van der Waals surface area contributed by atoms with E-state index in [1.54, 1.807) is 12.4 Å². The molecule has 12 aliphatic carbocycles. The van der Waals surface area contributed by atoms with Gasteiger partial charge in [-0.1, -0.05) is 163 Å². The molecule has 0 bridgehead atoms. The van der Waals surface area contributed by atoms with Gasteiger partial charge in [-0.25, -0.2) is 0 Å². The number of carbonyl (C=O) groups excluding carboxylic acids is 9. The summed E-state index contributed by atoms with van der Waals surface area (Å²) < 4.78 is 11.7. The first kappa shape index (κ1) is 74.5. The number of amides is 1. The maximum absolute atomic E-state index is 13.5. The van der Waals surface area contributed by atoms with Crippen LogP contribution in [-0.4, -0.2) is 75.9 Å². The Kier molecular flexibility index (Phi) is 19.7. The number of hydrogen-bond acceptors (Lipinski definition) is 12. The van der Waals surface area contributed by atoms with E-state index in [0.717, 1.165) is 241 Å². The molecule has 4 unspecified atom stereocenters. The van der Waals surface area contributed by atoms with Gasteiger partial charge in [0.05, 0.1) is 6.61 Å². The Balaban J connectivity index is 0.000000107. The molecule has 1 fully saturated rings. The smallest absolute Gasteiger partial charge is 0.227 e. The summed E-state index contributed by atoms with van der Waals surface area (Å²) in [7, 11) is 0. The SMILES string of the molecule is CC(C)(C)Oc1ccc(C2C3=C(CCCC3=O)CC3=C2C(=O)c2ccccc23)cc1.CCCOc1ccc(C2C3=C(CCCC3=O)CC3=C2C(=O)c2ccccc23)cc1.O=C1CCCC2=C1C(c1ccc(N3CCCC3=O)cc1)C1=C(C2)c2ccccc2C1=O.O=C1CCCC2=C1C(c1ccncc1)C1=C(C2)c2ccccc2C1=O. The molecule has 13 aliphatic rings. The number of hydrogen-bond donors (Lipinski definition) is 0. The summed E-state index contributed by atoms with van der Waals surface area (Å²) in [6, 6.07) is 59.1. The van der Waals surface area contributed by atoms with Crippen molar-refractivity contribution in [2.24, 2.45) is 0 Å². The summed E-state index contributed by atoms with van der Waals surface area (Å²) in [5.41, 5.74) is 27.8. The summed E-state index contributed by atoms with van der Waals surface area (Å²) in [6.07, 6.45) is 18.5. The van der Waals surface area contributed by atoms with Gasteiger partial charge in [0, 0.05) is 147 Å². The average molecular weight is 1520 g/mol. The number of aromatic nitrogens is 1. The van der Waals surface area contributed by atoms with Crippen molar-refractivity contribution in [3.8, 4) is 11.5 Å². The highest BCUT2D eigenvalue weighted by Crippen LogP contribution is 2.58. The van der Waals surface area contributed by atoms with E-state index in [0.29, 0.717) is 45.1 Å². The molecule has 0 saturated carbocycles. The van der Waals surface area contributed by atoms with Crippen molar-refractivity contribution >= 4 is 80.2 Å². The molecule has 115 heavy (non-hydrogen) atoms. The number of ketones is 8. The highest BCUT2D eigenvalue weighted by atomic mass is 16.5. The normalized spacial score (nSPS) is 21.5. The zero-order chi connectivity index (χ0) is 79.1. The zero-order valence-corrected chi connectivity index (χ0v) is 65.5. The van der Waals surface area contributed by atoms with Crippen molar-refractivity contribution in [3.63, 3.8) is 0 Å². The lowest BCUT2D eigenvalue weighted by molar-refractivity contribution is -0.117. The number of fused-ring (bicyclic) bond motifs is 8. The van der Waals surface area contributed by atoms with E-state index in [9.17, 15) is 43.2 Å². The molecule has 13 heteroatoms. The van der Waals surface area contributed by atoms with Gasteiger partial charge in [-0.05, 0) is 226 Å². The largest absolute Gasteiger partial charge is 0.494 e. The average Bonchev–Trinajstić information content (AvgIpc) is 1.62. The van der Waals surface area contributed by atoms with Crippen LogP contribution in [0.4, 0.5) is 5.69 Å². The third-order valence-corrected chi connectivity index (χ3v) is 25.4. The summed E-state index contributed by atoms with van der Waals surface area (Å²) >= 11 is 0. The number of pyridine rings is 1. The Hall–Kier alpha value is -12.0. The molecule has 574 valence electrons. The van der Waals surface area contributed by atoms with Crippen LogP contribution < -0.4 is 14.4 Å². The molecule has 1 aliphatic heterocycles. The van der Waals surface area contributed by atoms with Crippen LogP contribution in [-0.2, 0) is 24.0 Å². The number of allylic oxidation sites excluding steroid dienone is 16. The quantitative estimate of drug-likeness (QED) is 0.133. The second kappa shape index (κ2) is 30.4. The number of ether oxygens (including phenoxy) is 2. The predicted octanol–water partition coefficient (Wildman–Crippen LogP) is 21.0. The number of nitrogens with zero attached hydrogens (tertiary/aromatic N) is 2. The number of Topliss-reactive ketones (excluding diaryl/α,β-unsaturated/α-hetero) is 8. The van der Waals surface area contributed by atoms with Crippen LogP contribution in [0.3, 0.4) is 0 Å². The van der Waals surface area contributed by atoms with Gasteiger partial charge in [0.15, 0.2) is 46.3 Å². The van der Waals surface area contributed by atoms with E-state index < -0.39 is 0 Å². The Bertz CT molecular complexity index is 5820. The molecular formula is C102H90N2O11. The van der Waals surface area contributed by atoms with Crippen molar-refractivity contribution in [1.29, 1.82) is 0 Å². The monoisotopic (exact) mass is 1520 g/mol. The molecule has 4 atom stereocenters. The molecule has 1 aromatic heterocycles. The number of carbonyl (C=O) groups is 9. The van der Waals surface area contributed by atoms with Crippen LogP contribution in [0.5, 0.6) is 11.5 Å². The first-order valence-corrected chi connectivity index (χ1v) is 41.2. The fourth-order valence-corrected chi connectivity index (χ4v) is 20.5. The van der Waals surface area contributed by atoms with E-state index in [1.807, 2.05) is 208 Å². The maximum Gasteiger partial charge on any atom is 0.227 e. The highest BCUT2D eigenvalue weighted by Gasteiger charge is 2.49. The van der Waals surface area contributed by atoms with Crippen LogP contribution in [0, 0.1) is 0 Å². The molecule has 0 N–H and O–H groups in total. The van der Waals surface area contributed by atoms with Gasteiger partial charge < -0.3 is 14.4 Å². The predicted molar refractivity (Wildman–Crippen MR) is 445 cm³/mol. The summed E-state index contributed by atoms with van der Waals surface area (Å²) in [5.74, 6) is 1.77. The third-order valence-electron chi connectivity index (χ3n) is 25.4. The van der Waals surface area contributed by atoms with Gasteiger partial charge in [-0.15, -0.1) is 0 Å². The van der Waals surface area contributed by atoms with E-state index in [4.69, 9.17) is 9.47 Å². The highest BCUT2D eigenvalue weighted by molar-refractivity contribution is 6.27. The van der Waals surface area contributed by atoms with Gasteiger partial charge in [-0.2, -0.15) is 0 Å². The Morgan fingerprint density at radius 3 is 0.948 bits per heavy atom. The van der Waals surface area contributed by atoms with E-state index in [2.05, 4.69) is 11.9 Å². The van der Waals surface area contributed by atoms with Crippen molar-refractivity contribution in [1.82, 2.24) is 4.98 Å². The molecule has 21 rings (SSSR count). The summed E-state index contributed by atoms with van der Waals surface area (Å²) in [5, 5.41) is 0. The van der Waals surface area contributed by atoms with Crippen molar-refractivity contribution < 1.29 is 52.6 Å². The van der Waals surface area contributed by atoms with Gasteiger partial charge in [0.2, 0.25) is 5.91 Å². The Morgan fingerprint density at radius 1 is 0.339 bits per heavy atom. The molecule has 1 amide bonds. The van der Waals surface area contributed by atoms with Crippen molar-refractivity contribution in [2.45, 2.75) is 179 Å². The van der Waals surface area contributed by atoms with Crippen molar-refractivity contribution in [2.75, 3.05) is 18.1 Å². The molecule has 0 radical (unpaired) electrons. The lowest BCUT2D eigenvalue weighted by Gasteiger charge is -2.32. The van der Waals surface area contributed by atoms with Gasteiger partial charge >= 0.3 is 0 Å². The Labute approximate surface area is 670 Å². The number of anilines is 1. The number of benzene rings is 7. The molecular weight excluding hydrogens is 1430 g/mol. The van der Waals surface area contributed by atoms with E-state index >= 15 is 0 Å². The van der Waals surface area contributed by atoms with Gasteiger partial charge in [-0.3, -0.25) is 48.1 Å². The van der Waals surface area contributed by atoms with Crippen molar-refractivity contribution in [3.05, 3.63) is 328 Å². The number of rotatable bonds is 9. The second-order valence-corrected chi connectivity index (χ2v) is 33.4. The summed E-state index contributed by atoms with van der Waals surface area (Å²) in [4.78, 5) is 123. The lowest BCUT2D eigenvalue weighted by Crippen LogP contribution is -2.25. The molecule has 13 nitrogen and oxygen atoms in total. The fourth-order valence-electron chi connectivity index (χ4n) is 20.5. The first-order valence-electron chi connectivity index (χ1n) is 41.2. The zero-order valence-electron chi connectivity index (χ0n) is 65.5.